The lowest BCUT2D eigenvalue weighted by atomic mass is 9.94. The van der Waals surface area contributed by atoms with Crippen LogP contribution in [0.5, 0.6) is 0 Å². The topological polar surface area (TPSA) is 71.2 Å². The van der Waals surface area contributed by atoms with Gasteiger partial charge in [0.25, 0.3) is 0 Å². The normalized spacial score (nSPS) is 16.1. The number of halogens is 1. The Hall–Kier alpha value is -2.08. The molecule has 0 radical (unpaired) electrons. The van der Waals surface area contributed by atoms with E-state index in [-0.39, 0.29) is 0 Å². The Morgan fingerprint density at radius 2 is 2.05 bits per heavy atom. The van der Waals surface area contributed by atoms with Gasteiger partial charge in [0.05, 0.1) is 10.7 Å². The minimum absolute atomic E-state index is 0.300. The Morgan fingerprint density at radius 3 is 2.67 bits per heavy atom. The first-order valence-electron chi connectivity index (χ1n) is 6.79. The van der Waals surface area contributed by atoms with Crippen LogP contribution in [0.4, 0.5) is 4.79 Å². The van der Waals surface area contributed by atoms with Crippen LogP contribution in [-0.2, 0) is 0 Å². The number of likely N-dealkylation sites (tertiary alicyclic amines) is 1. The minimum Gasteiger partial charge on any atom is -0.465 e. The second-order valence-electron chi connectivity index (χ2n) is 5.06. The molecule has 0 aliphatic carbocycles. The number of rotatable bonds is 2. The van der Waals surface area contributed by atoms with Crippen LogP contribution < -0.4 is 0 Å². The Morgan fingerprint density at radius 1 is 1.29 bits per heavy atom. The largest absolute Gasteiger partial charge is 0.465 e. The molecule has 21 heavy (non-hydrogen) atoms. The molecule has 110 valence electrons. The van der Waals surface area contributed by atoms with Gasteiger partial charge < -0.3 is 10.0 Å². The first kappa shape index (κ1) is 13.9. The van der Waals surface area contributed by atoms with E-state index in [4.69, 9.17) is 16.7 Å². The van der Waals surface area contributed by atoms with Gasteiger partial charge in [0.1, 0.15) is 0 Å². The van der Waals surface area contributed by atoms with E-state index in [1.54, 1.807) is 16.9 Å². The third-order valence-electron chi connectivity index (χ3n) is 3.74. The number of aromatic nitrogens is 3. The van der Waals surface area contributed by atoms with E-state index in [2.05, 4.69) is 10.1 Å². The molecule has 2 aromatic heterocycles. The van der Waals surface area contributed by atoms with Crippen LogP contribution in [-0.4, -0.2) is 44.0 Å². The van der Waals surface area contributed by atoms with Gasteiger partial charge in [-0.25, -0.2) is 14.5 Å². The maximum atomic E-state index is 10.9. The zero-order valence-corrected chi connectivity index (χ0v) is 12.1. The molecule has 1 saturated heterocycles. The molecule has 0 atom stereocenters. The second kappa shape index (κ2) is 5.73. The first-order chi connectivity index (χ1) is 10.1. The van der Waals surface area contributed by atoms with Gasteiger partial charge in [0, 0.05) is 31.4 Å². The van der Waals surface area contributed by atoms with Crippen molar-refractivity contribution in [3.8, 4) is 5.82 Å². The van der Waals surface area contributed by atoms with E-state index >= 15 is 0 Å². The molecule has 2 aromatic rings. The second-order valence-corrected chi connectivity index (χ2v) is 5.50. The molecule has 1 amide bonds. The predicted molar refractivity (Wildman–Crippen MR) is 77.9 cm³/mol. The summed E-state index contributed by atoms with van der Waals surface area (Å²) in [6, 6.07) is 5.56. The molecule has 0 aromatic carbocycles. The van der Waals surface area contributed by atoms with Gasteiger partial charge in [0.15, 0.2) is 5.82 Å². The van der Waals surface area contributed by atoms with E-state index in [0.717, 1.165) is 18.5 Å². The molecular weight excluding hydrogens is 292 g/mol. The molecule has 0 saturated carbocycles. The first-order valence-corrected chi connectivity index (χ1v) is 7.16. The van der Waals surface area contributed by atoms with E-state index < -0.39 is 6.09 Å². The summed E-state index contributed by atoms with van der Waals surface area (Å²) in [7, 11) is 0. The number of nitrogens with zero attached hydrogens (tertiary/aromatic N) is 4. The SMILES string of the molecule is O=C(O)N1CCC(c2ccn(-c3ccc(Cl)cn3)n2)CC1. The summed E-state index contributed by atoms with van der Waals surface area (Å²) in [5.74, 6) is 1.02. The Balaban J connectivity index is 1.71. The summed E-state index contributed by atoms with van der Waals surface area (Å²) >= 11 is 5.82. The number of amides is 1. The van der Waals surface area contributed by atoms with Crippen molar-refractivity contribution < 1.29 is 9.90 Å². The third kappa shape index (κ3) is 3.00. The van der Waals surface area contributed by atoms with Crippen molar-refractivity contribution in [3.63, 3.8) is 0 Å². The van der Waals surface area contributed by atoms with Crippen molar-refractivity contribution in [2.45, 2.75) is 18.8 Å². The standard InChI is InChI=1S/C14H15ClN4O2/c15-11-1-2-13(16-9-11)19-8-5-12(17-19)10-3-6-18(7-4-10)14(20)21/h1-2,5,8-10H,3-4,6-7H2,(H,20,21). The van der Waals surface area contributed by atoms with Crippen LogP contribution in [0.25, 0.3) is 5.82 Å². The molecular formula is C14H15ClN4O2. The summed E-state index contributed by atoms with van der Waals surface area (Å²) in [5.41, 5.74) is 0.983. The highest BCUT2D eigenvalue weighted by Crippen LogP contribution is 2.27. The zero-order chi connectivity index (χ0) is 14.8. The predicted octanol–water partition coefficient (Wildman–Crippen LogP) is 2.78. The van der Waals surface area contributed by atoms with Gasteiger partial charge in [-0.1, -0.05) is 11.6 Å². The number of piperidine rings is 1. The van der Waals surface area contributed by atoms with Gasteiger partial charge in [-0.2, -0.15) is 5.10 Å². The summed E-state index contributed by atoms with van der Waals surface area (Å²) in [4.78, 5) is 16.6. The number of carboxylic acid groups (broad SMARTS) is 1. The number of hydrogen-bond acceptors (Lipinski definition) is 3. The van der Waals surface area contributed by atoms with Crippen molar-refractivity contribution >= 4 is 17.7 Å². The fraction of sp³-hybridized carbons (Fsp3) is 0.357. The van der Waals surface area contributed by atoms with E-state index in [0.29, 0.717) is 29.8 Å². The van der Waals surface area contributed by atoms with Crippen LogP contribution in [0.2, 0.25) is 5.02 Å². The quantitative estimate of drug-likeness (QED) is 0.926. The van der Waals surface area contributed by atoms with Crippen LogP contribution >= 0.6 is 11.6 Å². The molecule has 1 fully saturated rings. The van der Waals surface area contributed by atoms with Crippen LogP contribution in [0, 0.1) is 0 Å². The van der Waals surface area contributed by atoms with Crippen molar-refractivity contribution in [1.29, 1.82) is 0 Å². The van der Waals surface area contributed by atoms with Gasteiger partial charge in [0.2, 0.25) is 0 Å². The maximum absolute atomic E-state index is 10.9. The summed E-state index contributed by atoms with van der Waals surface area (Å²) in [5, 5.41) is 14.1. The van der Waals surface area contributed by atoms with Gasteiger partial charge in [-0.05, 0) is 31.0 Å². The molecule has 3 heterocycles. The molecule has 6 nitrogen and oxygen atoms in total. The van der Waals surface area contributed by atoms with E-state index in [1.807, 2.05) is 18.3 Å². The number of pyridine rings is 1. The number of hydrogen-bond donors (Lipinski definition) is 1. The van der Waals surface area contributed by atoms with Crippen molar-refractivity contribution in [2.75, 3.05) is 13.1 Å². The molecule has 0 spiro atoms. The average Bonchev–Trinajstić information content (AvgIpc) is 2.98. The minimum atomic E-state index is -0.843. The lowest BCUT2D eigenvalue weighted by Gasteiger charge is -2.28. The van der Waals surface area contributed by atoms with E-state index in [9.17, 15) is 4.79 Å². The highest BCUT2D eigenvalue weighted by atomic mass is 35.5. The smallest absolute Gasteiger partial charge is 0.407 e. The highest BCUT2D eigenvalue weighted by Gasteiger charge is 2.24. The molecule has 1 aliphatic rings. The van der Waals surface area contributed by atoms with Crippen molar-refractivity contribution in [2.24, 2.45) is 0 Å². The number of carbonyl (C=O) groups is 1. The van der Waals surface area contributed by atoms with Crippen molar-refractivity contribution in [1.82, 2.24) is 19.7 Å². The maximum Gasteiger partial charge on any atom is 0.407 e. The Labute approximate surface area is 127 Å². The Kier molecular flexibility index (Phi) is 3.79. The molecule has 0 bridgehead atoms. The van der Waals surface area contributed by atoms with Crippen molar-refractivity contribution in [3.05, 3.63) is 41.3 Å². The summed E-state index contributed by atoms with van der Waals surface area (Å²) in [6.07, 6.45) is 4.22. The summed E-state index contributed by atoms with van der Waals surface area (Å²) < 4.78 is 1.72. The van der Waals surface area contributed by atoms with Gasteiger partial charge in [-0.15, -0.1) is 0 Å². The Bertz CT molecular complexity index is 633. The van der Waals surface area contributed by atoms with Gasteiger partial charge >= 0.3 is 6.09 Å². The van der Waals surface area contributed by atoms with Gasteiger partial charge in [-0.3, -0.25) is 0 Å². The van der Waals surface area contributed by atoms with Crippen LogP contribution in [0.3, 0.4) is 0 Å². The third-order valence-corrected chi connectivity index (χ3v) is 3.96. The molecule has 7 heteroatoms. The fourth-order valence-corrected chi connectivity index (χ4v) is 2.67. The van der Waals surface area contributed by atoms with Crippen LogP contribution in [0.1, 0.15) is 24.5 Å². The molecule has 1 aliphatic heterocycles. The fourth-order valence-electron chi connectivity index (χ4n) is 2.55. The van der Waals surface area contributed by atoms with E-state index in [1.165, 1.54) is 4.90 Å². The lowest BCUT2D eigenvalue weighted by molar-refractivity contribution is 0.131. The lowest BCUT2D eigenvalue weighted by Crippen LogP contribution is -2.36. The molecule has 3 rings (SSSR count). The monoisotopic (exact) mass is 306 g/mol. The highest BCUT2D eigenvalue weighted by molar-refractivity contribution is 6.30. The van der Waals surface area contributed by atoms with Crippen LogP contribution in [0.15, 0.2) is 30.6 Å². The molecule has 1 N–H and O–H groups in total. The zero-order valence-electron chi connectivity index (χ0n) is 11.3. The molecule has 0 unspecified atom stereocenters. The summed E-state index contributed by atoms with van der Waals surface area (Å²) in [6.45, 7) is 1.12. The average molecular weight is 307 g/mol.